The quantitative estimate of drug-likeness (QED) is 0.789. The SMILES string of the molecule is CNC(=O)C1CCN(C(=O)c2ccc(CN3C(=O)c4ccccc4C3=O)cc2)CC1. The molecule has 0 unspecified atom stereocenters. The van der Waals surface area contributed by atoms with Gasteiger partial charge in [0.1, 0.15) is 0 Å². The minimum Gasteiger partial charge on any atom is -0.359 e. The Morgan fingerprint density at radius 1 is 0.933 bits per heavy atom. The van der Waals surface area contributed by atoms with Crippen molar-refractivity contribution in [1.29, 1.82) is 0 Å². The zero-order valence-corrected chi connectivity index (χ0v) is 16.8. The van der Waals surface area contributed by atoms with Gasteiger partial charge in [-0.3, -0.25) is 24.1 Å². The van der Waals surface area contributed by atoms with E-state index in [1.807, 2.05) is 0 Å². The molecule has 4 amide bonds. The average molecular weight is 405 g/mol. The van der Waals surface area contributed by atoms with Crippen molar-refractivity contribution < 1.29 is 19.2 Å². The Bertz CT molecular complexity index is 972. The number of imide groups is 1. The molecule has 2 aromatic rings. The fourth-order valence-electron chi connectivity index (χ4n) is 4.05. The van der Waals surface area contributed by atoms with Crippen molar-refractivity contribution in [1.82, 2.24) is 15.1 Å². The molecule has 2 heterocycles. The van der Waals surface area contributed by atoms with E-state index in [0.29, 0.717) is 42.6 Å². The van der Waals surface area contributed by atoms with Gasteiger partial charge >= 0.3 is 0 Å². The Balaban J connectivity index is 1.39. The number of likely N-dealkylation sites (tertiary alicyclic amines) is 1. The molecule has 0 aliphatic carbocycles. The summed E-state index contributed by atoms with van der Waals surface area (Å²) >= 11 is 0. The number of hydrogen-bond donors (Lipinski definition) is 1. The van der Waals surface area contributed by atoms with Gasteiger partial charge in [0, 0.05) is 31.6 Å². The van der Waals surface area contributed by atoms with E-state index in [2.05, 4.69) is 5.32 Å². The summed E-state index contributed by atoms with van der Waals surface area (Å²) in [7, 11) is 1.63. The first-order chi connectivity index (χ1) is 14.5. The van der Waals surface area contributed by atoms with Crippen LogP contribution in [0.15, 0.2) is 48.5 Å². The molecule has 1 fully saturated rings. The summed E-state index contributed by atoms with van der Waals surface area (Å²) in [5.74, 6) is -0.678. The van der Waals surface area contributed by atoms with Crippen molar-refractivity contribution >= 4 is 23.6 Å². The number of nitrogens with one attached hydrogen (secondary N) is 1. The van der Waals surface area contributed by atoms with E-state index in [-0.39, 0.29) is 36.1 Å². The highest BCUT2D eigenvalue weighted by Gasteiger charge is 2.35. The zero-order chi connectivity index (χ0) is 21.3. The van der Waals surface area contributed by atoms with Gasteiger partial charge in [-0.25, -0.2) is 0 Å². The van der Waals surface area contributed by atoms with Crippen molar-refractivity contribution in [2.45, 2.75) is 19.4 Å². The van der Waals surface area contributed by atoms with Gasteiger partial charge < -0.3 is 10.2 Å². The minimum atomic E-state index is -0.297. The second-order valence-electron chi connectivity index (χ2n) is 7.62. The predicted octanol–water partition coefficient (Wildman–Crippen LogP) is 2.08. The van der Waals surface area contributed by atoms with Crippen molar-refractivity contribution in [2.24, 2.45) is 5.92 Å². The fraction of sp³-hybridized carbons (Fsp3) is 0.304. The van der Waals surface area contributed by atoms with E-state index in [1.54, 1.807) is 60.5 Å². The van der Waals surface area contributed by atoms with Gasteiger partial charge in [-0.15, -0.1) is 0 Å². The smallest absolute Gasteiger partial charge is 0.261 e. The van der Waals surface area contributed by atoms with E-state index in [4.69, 9.17) is 0 Å². The van der Waals surface area contributed by atoms with Crippen LogP contribution in [0.3, 0.4) is 0 Å². The van der Waals surface area contributed by atoms with E-state index >= 15 is 0 Å². The first-order valence-corrected chi connectivity index (χ1v) is 10.0. The molecular weight excluding hydrogens is 382 g/mol. The summed E-state index contributed by atoms with van der Waals surface area (Å²) in [4.78, 5) is 52.5. The van der Waals surface area contributed by atoms with Crippen LogP contribution in [0, 0.1) is 5.92 Å². The average Bonchev–Trinajstić information content (AvgIpc) is 3.04. The number of benzene rings is 2. The largest absolute Gasteiger partial charge is 0.359 e. The maximum Gasteiger partial charge on any atom is 0.261 e. The summed E-state index contributed by atoms with van der Waals surface area (Å²) < 4.78 is 0. The second-order valence-corrected chi connectivity index (χ2v) is 7.62. The van der Waals surface area contributed by atoms with Crippen LogP contribution in [0.4, 0.5) is 0 Å². The third-order valence-corrected chi connectivity index (χ3v) is 5.82. The van der Waals surface area contributed by atoms with Crippen LogP contribution < -0.4 is 5.32 Å². The molecule has 0 bridgehead atoms. The maximum atomic E-state index is 12.8. The molecule has 2 aliphatic heterocycles. The summed E-state index contributed by atoms with van der Waals surface area (Å²) in [6.45, 7) is 1.26. The first kappa shape index (κ1) is 19.8. The molecule has 1 saturated heterocycles. The molecule has 4 rings (SSSR count). The van der Waals surface area contributed by atoms with E-state index < -0.39 is 0 Å². The molecule has 0 radical (unpaired) electrons. The molecule has 7 heteroatoms. The molecule has 30 heavy (non-hydrogen) atoms. The Labute approximate surface area is 174 Å². The highest BCUT2D eigenvalue weighted by atomic mass is 16.2. The lowest BCUT2D eigenvalue weighted by Gasteiger charge is -2.31. The number of piperidine rings is 1. The van der Waals surface area contributed by atoms with Crippen LogP contribution in [0.1, 0.15) is 49.5 Å². The highest BCUT2D eigenvalue weighted by Crippen LogP contribution is 2.25. The standard InChI is InChI=1S/C23H23N3O4/c1-24-20(27)16-10-12-25(13-11-16)21(28)17-8-6-15(7-9-17)14-26-22(29)18-4-2-3-5-19(18)23(26)30/h2-9,16H,10-14H2,1H3,(H,24,27). The van der Waals surface area contributed by atoms with E-state index in [1.165, 1.54) is 4.90 Å². The van der Waals surface area contributed by atoms with Gasteiger partial charge in [0.15, 0.2) is 0 Å². The van der Waals surface area contributed by atoms with Gasteiger partial charge in [0.05, 0.1) is 17.7 Å². The van der Waals surface area contributed by atoms with Crippen LogP contribution in [0.25, 0.3) is 0 Å². The summed E-state index contributed by atoms with van der Waals surface area (Å²) in [5.41, 5.74) is 2.18. The number of carbonyl (C=O) groups is 4. The lowest BCUT2D eigenvalue weighted by molar-refractivity contribution is -0.125. The zero-order valence-electron chi connectivity index (χ0n) is 16.8. The summed E-state index contributed by atoms with van der Waals surface area (Å²) in [6.07, 6.45) is 1.31. The Kier molecular flexibility index (Phi) is 5.35. The van der Waals surface area contributed by atoms with Crippen LogP contribution in [-0.4, -0.2) is 53.6 Å². The number of carbonyl (C=O) groups excluding carboxylic acids is 4. The van der Waals surface area contributed by atoms with E-state index in [0.717, 1.165) is 5.56 Å². The Morgan fingerprint density at radius 2 is 1.50 bits per heavy atom. The van der Waals surface area contributed by atoms with Gasteiger partial charge in [-0.05, 0) is 42.7 Å². The lowest BCUT2D eigenvalue weighted by Crippen LogP contribution is -2.42. The van der Waals surface area contributed by atoms with Gasteiger partial charge in [-0.2, -0.15) is 0 Å². The molecule has 2 aliphatic rings. The third kappa shape index (κ3) is 3.58. The normalized spacial score (nSPS) is 16.6. The first-order valence-electron chi connectivity index (χ1n) is 10.0. The van der Waals surface area contributed by atoms with Crippen molar-refractivity contribution in [3.05, 3.63) is 70.8 Å². The molecular formula is C23H23N3O4. The van der Waals surface area contributed by atoms with Crippen LogP contribution in [0.2, 0.25) is 0 Å². The number of amides is 4. The molecule has 0 spiro atoms. The minimum absolute atomic E-state index is 0.0274. The lowest BCUT2D eigenvalue weighted by atomic mass is 9.95. The highest BCUT2D eigenvalue weighted by molar-refractivity contribution is 6.21. The molecule has 1 N–H and O–H groups in total. The van der Waals surface area contributed by atoms with E-state index in [9.17, 15) is 19.2 Å². The third-order valence-electron chi connectivity index (χ3n) is 5.82. The second kappa shape index (κ2) is 8.10. The van der Waals surface area contributed by atoms with Gasteiger partial charge in [0.25, 0.3) is 17.7 Å². The molecule has 0 saturated carbocycles. The Morgan fingerprint density at radius 3 is 2.03 bits per heavy atom. The van der Waals surface area contributed by atoms with Crippen molar-refractivity contribution in [3.63, 3.8) is 0 Å². The maximum absolute atomic E-state index is 12.8. The van der Waals surface area contributed by atoms with Gasteiger partial charge in [0.2, 0.25) is 5.91 Å². The molecule has 2 aromatic carbocycles. The van der Waals surface area contributed by atoms with Crippen LogP contribution in [-0.2, 0) is 11.3 Å². The monoisotopic (exact) mass is 405 g/mol. The van der Waals surface area contributed by atoms with Crippen LogP contribution >= 0.6 is 0 Å². The summed E-state index contributed by atoms with van der Waals surface area (Å²) in [5, 5.41) is 2.66. The Hall–Kier alpha value is -3.48. The number of rotatable bonds is 4. The van der Waals surface area contributed by atoms with Crippen molar-refractivity contribution in [2.75, 3.05) is 20.1 Å². The fourth-order valence-corrected chi connectivity index (χ4v) is 4.05. The van der Waals surface area contributed by atoms with Gasteiger partial charge in [-0.1, -0.05) is 24.3 Å². The van der Waals surface area contributed by atoms with Crippen LogP contribution in [0.5, 0.6) is 0 Å². The predicted molar refractivity (Wildman–Crippen MR) is 110 cm³/mol. The molecule has 0 atom stereocenters. The molecule has 7 nitrogen and oxygen atoms in total. The number of hydrogen-bond acceptors (Lipinski definition) is 4. The molecule has 154 valence electrons. The summed E-state index contributed by atoms with van der Waals surface area (Å²) in [6, 6.07) is 13.8. The number of fused-ring (bicyclic) bond motifs is 1. The molecule has 0 aromatic heterocycles. The topological polar surface area (TPSA) is 86.8 Å². The van der Waals surface area contributed by atoms with Crippen molar-refractivity contribution in [3.8, 4) is 0 Å². The number of nitrogens with zero attached hydrogens (tertiary/aromatic N) is 2.